The molecule has 0 bridgehead atoms. The van der Waals surface area contributed by atoms with Crippen molar-refractivity contribution in [3.8, 4) is 22.6 Å². The summed E-state index contributed by atoms with van der Waals surface area (Å²) in [6.45, 7) is 12.2. The lowest BCUT2D eigenvalue weighted by Gasteiger charge is -2.27. The van der Waals surface area contributed by atoms with Gasteiger partial charge in [-0.2, -0.15) is 0 Å². The van der Waals surface area contributed by atoms with Crippen molar-refractivity contribution in [1.29, 1.82) is 0 Å². The molecule has 226 valence electrons. The summed E-state index contributed by atoms with van der Waals surface area (Å²) in [6, 6.07) is 8.82. The summed E-state index contributed by atoms with van der Waals surface area (Å²) >= 11 is 0. The van der Waals surface area contributed by atoms with E-state index in [1.54, 1.807) is 44.4 Å². The monoisotopic (exact) mass is 578 g/mol. The third kappa shape index (κ3) is 8.29. The maximum absolute atomic E-state index is 12.9. The fraction of sp³-hybridized carbons (Fsp3) is 0.484. The van der Waals surface area contributed by atoms with Crippen molar-refractivity contribution in [2.45, 2.75) is 46.1 Å². The molecule has 2 aromatic heterocycles. The van der Waals surface area contributed by atoms with Gasteiger partial charge in [-0.05, 0) is 63.9 Å². The number of urea groups is 1. The number of unbranched alkanes of at least 4 members (excludes halogenated alkanes) is 1. The van der Waals surface area contributed by atoms with Crippen molar-refractivity contribution in [2.24, 2.45) is 0 Å². The quantitative estimate of drug-likeness (QED) is 0.333. The SMILES string of the molecule is COc1cc(OC)cc(-c2cc3cnc(N(CCCCN4CCOCC4)C(C)=O)cc3nc2NC(=O)NC(C)(C)C)c1. The number of rotatable bonds is 10. The maximum Gasteiger partial charge on any atom is 0.320 e. The Bertz CT molecular complexity index is 1380. The predicted molar refractivity (Wildman–Crippen MR) is 165 cm³/mol. The first-order chi connectivity index (χ1) is 20.1. The van der Waals surface area contributed by atoms with E-state index in [-0.39, 0.29) is 11.9 Å². The Balaban J connectivity index is 1.65. The molecular weight excluding hydrogens is 536 g/mol. The topological polar surface area (TPSA) is 118 Å². The van der Waals surface area contributed by atoms with E-state index in [1.165, 1.54) is 0 Å². The van der Waals surface area contributed by atoms with Crippen molar-refractivity contribution in [3.05, 3.63) is 36.5 Å². The molecule has 3 aromatic rings. The number of aromatic nitrogens is 2. The standard InChI is InChI=1S/C31H42N6O5/c1-21(38)37(10-8-7-9-36-11-13-42-14-12-36)28-19-27-23(20-32-28)17-26(22-15-24(40-5)18-25(16-22)41-6)29(33-27)34-30(39)35-31(2,3)4/h15-20H,7-14H2,1-6H3,(H2,33,34,35,39). The summed E-state index contributed by atoms with van der Waals surface area (Å²) in [5.41, 5.74) is 1.58. The number of methoxy groups -OCH3 is 2. The van der Waals surface area contributed by atoms with Gasteiger partial charge in [-0.3, -0.25) is 19.9 Å². The largest absolute Gasteiger partial charge is 0.497 e. The van der Waals surface area contributed by atoms with E-state index in [1.807, 2.05) is 39.0 Å². The van der Waals surface area contributed by atoms with E-state index in [2.05, 4.69) is 20.5 Å². The van der Waals surface area contributed by atoms with E-state index in [0.29, 0.717) is 40.8 Å². The van der Waals surface area contributed by atoms with Crippen molar-refractivity contribution < 1.29 is 23.8 Å². The van der Waals surface area contributed by atoms with Crippen LogP contribution in [0.25, 0.3) is 22.0 Å². The molecule has 11 nitrogen and oxygen atoms in total. The third-order valence-corrected chi connectivity index (χ3v) is 6.93. The summed E-state index contributed by atoms with van der Waals surface area (Å²) < 4.78 is 16.4. The highest BCUT2D eigenvalue weighted by Gasteiger charge is 2.20. The minimum absolute atomic E-state index is 0.0868. The van der Waals surface area contributed by atoms with Crippen LogP contribution >= 0.6 is 0 Å². The van der Waals surface area contributed by atoms with E-state index >= 15 is 0 Å². The number of nitrogens with one attached hydrogen (secondary N) is 2. The van der Waals surface area contributed by atoms with E-state index in [0.717, 1.165) is 56.6 Å². The Hall–Kier alpha value is -3.96. The maximum atomic E-state index is 12.9. The molecule has 0 aliphatic carbocycles. The summed E-state index contributed by atoms with van der Waals surface area (Å²) in [5, 5.41) is 6.60. The fourth-order valence-electron chi connectivity index (χ4n) is 4.83. The van der Waals surface area contributed by atoms with Gasteiger partial charge in [0.05, 0.1) is 33.0 Å². The lowest BCUT2D eigenvalue weighted by Crippen LogP contribution is -2.43. The summed E-state index contributed by atoms with van der Waals surface area (Å²) in [7, 11) is 3.17. The molecule has 0 atom stereocenters. The van der Waals surface area contributed by atoms with Gasteiger partial charge in [0.2, 0.25) is 5.91 Å². The van der Waals surface area contributed by atoms with E-state index in [4.69, 9.17) is 19.2 Å². The number of morpholine rings is 1. The molecule has 0 radical (unpaired) electrons. The Labute approximate surface area is 247 Å². The second kappa shape index (κ2) is 13.8. The Morgan fingerprint density at radius 1 is 1.02 bits per heavy atom. The van der Waals surface area contributed by atoms with Crippen LogP contribution in [0.5, 0.6) is 11.5 Å². The predicted octanol–water partition coefficient (Wildman–Crippen LogP) is 4.70. The summed E-state index contributed by atoms with van der Waals surface area (Å²) in [4.78, 5) is 39.1. The average molecular weight is 579 g/mol. The molecule has 11 heteroatoms. The average Bonchev–Trinajstić information content (AvgIpc) is 2.95. The van der Waals surface area contributed by atoms with Gasteiger partial charge in [0.15, 0.2) is 0 Å². The van der Waals surface area contributed by atoms with Crippen LogP contribution in [0.3, 0.4) is 0 Å². The van der Waals surface area contributed by atoms with Gasteiger partial charge >= 0.3 is 6.03 Å². The summed E-state index contributed by atoms with van der Waals surface area (Å²) in [5.74, 6) is 2.00. The van der Waals surface area contributed by atoms with Gasteiger partial charge in [0.1, 0.15) is 23.1 Å². The van der Waals surface area contributed by atoms with Crippen LogP contribution in [-0.2, 0) is 9.53 Å². The molecule has 0 unspecified atom stereocenters. The van der Waals surface area contributed by atoms with Gasteiger partial charge in [-0.1, -0.05) is 0 Å². The van der Waals surface area contributed by atoms with Crippen LogP contribution in [0.1, 0.15) is 40.5 Å². The van der Waals surface area contributed by atoms with Crippen LogP contribution < -0.4 is 25.0 Å². The number of nitrogens with zero attached hydrogens (tertiary/aromatic N) is 4. The molecule has 1 aliphatic heterocycles. The van der Waals surface area contributed by atoms with Crippen LogP contribution in [0.2, 0.25) is 0 Å². The highest BCUT2D eigenvalue weighted by atomic mass is 16.5. The first kappa shape index (κ1) is 31.0. The number of pyridine rings is 2. The molecular formula is C31H42N6O5. The van der Waals surface area contributed by atoms with Gasteiger partial charge in [0, 0.05) is 61.4 Å². The van der Waals surface area contributed by atoms with Gasteiger partial charge in [-0.25, -0.2) is 14.8 Å². The van der Waals surface area contributed by atoms with Crippen LogP contribution in [-0.4, -0.2) is 86.0 Å². The number of hydrogen-bond acceptors (Lipinski definition) is 8. The Morgan fingerprint density at radius 3 is 2.33 bits per heavy atom. The second-order valence-electron chi connectivity index (χ2n) is 11.4. The highest BCUT2D eigenvalue weighted by molar-refractivity contribution is 5.98. The molecule has 1 saturated heterocycles. The second-order valence-corrected chi connectivity index (χ2v) is 11.4. The molecule has 3 amide bonds. The van der Waals surface area contributed by atoms with Crippen LogP contribution in [0.4, 0.5) is 16.4 Å². The molecule has 4 rings (SSSR count). The van der Waals surface area contributed by atoms with Gasteiger partial charge in [0.25, 0.3) is 0 Å². The first-order valence-electron chi connectivity index (χ1n) is 14.3. The minimum atomic E-state index is -0.443. The molecule has 42 heavy (non-hydrogen) atoms. The van der Waals surface area contributed by atoms with Crippen LogP contribution in [0, 0.1) is 0 Å². The smallest absolute Gasteiger partial charge is 0.320 e. The fourth-order valence-corrected chi connectivity index (χ4v) is 4.83. The van der Waals surface area contributed by atoms with E-state index in [9.17, 15) is 9.59 Å². The molecule has 1 aliphatic rings. The molecule has 0 saturated carbocycles. The number of hydrogen-bond donors (Lipinski definition) is 2. The van der Waals surface area contributed by atoms with Gasteiger partial charge < -0.3 is 19.5 Å². The highest BCUT2D eigenvalue weighted by Crippen LogP contribution is 2.35. The number of benzene rings is 1. The van der Waals surface area contributed by atoms with Crippen LogP contribution in [0.15, 0.2) is 36.5 Å². The van der Waals surface area contributed by atoms with Crippen molar-refractivity contribution in [1.82, 2.24) is 20.2 Å². The molecule has 1 aromatic carbocycles. The number of fused-ring (bicyclic) bond motifs is 1. The van der Waals surface area contributed by atoms with Crippen molar-refractivity contribution >= 4 is 34.5 Å². The molecule has 0 spiro atoms. The number of anilines is 2. The summed E-state index contributed by atoms with van der Waals surface area (Å²) in [6.07, 6.45) is 3.53. The number of carbonyl (C=O) groups is 2. The van der Waals surface area contributed by atoms with Crippen molar-refractivity contribution in [2.75, 3.05) is 63.8 Å². The molecule has 2 N–H and O–H groups in total. The lowest BCUT2D eigenvalue weighted by molar-refractivity contribution is -0.116. The zero-order chi connectivity index (χ0) is 30.3. The molecule has 3 heterocycles. The first-order valence-corrected chi connectivity index (χ1v) is 14.3. The third-order valence-electron chi connectivity index (χ3n) is 6.93. The van der Waals surface area contributed by atoms with Crippen molar-refractivity contribution in [3.63, 3.8) is 0 Å². The normalized spacial score (nSPS) is 14.0. The number of ether oxygens (including phenoxy) is 3. The number of carbonyl (C=O) groups excluding carboxylic acids is 2. The number of amides is 3. The lowest BCUT2D eigenvalue weighted by atomic mass is 10.0. The zero-order valence-corrected chi connectivity index (χ0v) is 25.5. The Kier molecular flexibility index (Phi) is 10.2. The zero-order valence-electron chi connectivity index (χ0n) is 25.5. The Morgan fingerprint density at radius 2 is 1.71 bits per heavy atom. The van der Waals surface area contributed by atoms with E-state index < -0.39 is 5.54 Å². The minimum Gasteiger partial charge on any atom is -0.497 e. The molecule has 1 fully saturated rings. The van der Waals surface area contributed by atoms with Gasteiger partial charge in [-0.15, -0.1) is 0 Å².